The number of aliphatic hydroxyl groups excluding tert-OH is 1. The van der Waals surface area contributed by atoms with Crippen LogP contribution in [0.15, 0.2) is 18.5 Å². The van der Waals surface area contributed by atoms with E-state index in [1.165, 1.54) is 6.20 Å². The van der Waals surface area contributed by atoms with Gasteiger partial charge in [-0.25, -0.2) is 0 Å². The molecular formula is C11H18N4O2. The average Bonchev–Trinajstić information content (AvgIpc) is 2.39. The third-order valence-electron chi connectivity index (χ3n) is 2.46. The van der Waals surface area contributed by atoms with Gasteiger partial charge >= 0.3 is 0 Å². The van der Waals surface area contributed by atoms with E-state index in [-0.39, 0.29) is 12.5 Å². The number of nitrogens with two attached hydrogens (primary N) is 1. The predicted molar refractivity (Wildman–Crippen MR) is 65.3 cm³/mol. The highest BCUT2D eigenvalue weighted by molar-refractivity contribution is 5.99. The Morgan fingerprint density at radius 1 is 1.65 bits per heavy atom. The minimum atomic E-state index is -0.137. The monoisotopic (exact) mass is 238 g/mol. The highest BCUT2D eigenvalue weighted by Gasteiger charge is 2.17. The third-order valence-corrected chi connectivity index (χ3v) is 2.46. The van der Waals surface area contributed by atoms with Gasteiger partial charge in [0.1, 0.15) is 0 Å². The van der Waals surface area contributed by atoms with Crippen LogP contribution in [0, 0.1) is 0 Å². The molecule has 1 aromatic heterocycles. The van der Waals surface area contributed by atoms with Crippen molar-refractivity contribution in [2.45, 2.75) is 13.3 Å². The molecule has 0 fully saturated rings. The second-order valence-corrected chi connectivity index (χ2v) is 3.53. The summed E-state index contributed by atoms with van der Waals surface area (Å²) >= 11 is 0. The Labute approximate surface area is 100 Å². The molecule has 0 radical (unpaired) electrons. The Morgan fingerprint density at radius 3 is 3.00 bits per heavy atom. The summed E-state index contributed by atoms with van der Waals surface area (Å²) in [6.45, 7) is 3.06. The number of hydrazine groups is 1. The van der Waals surface area contributed by atoms with E-state index in [9.17, 15) is 4.79 Å². The zero-order valence-corrected chi connectivity index (χ0v) is 9.89. The summed E-state index contributed by atoms with van der Waals surface area (Å²) in [5, 5.41) is 8.78. The van der Waals surface area contributed by atoms with E-state index < -0.39 is 0 Å². The van der Waals surface area contributed by atoms with Crippen LogP contribution in [0.1, 0.15) is 23.7 Å². The molecule has 94 valence electrons. The van der Waals surface area contributed by atoms with E-state index in [1.54, 1.807) is 17.2 Å². The Balaban J connectivity index is 2.85. The van der Waals surface area contributed by atoms with Gasteiger partial charge in [0.15, 0.2) is 0 Å². The molecule has 0 unspecified atom stereocenters. The molecule has 0 bridgehead atoms. The molecule has 17 heavy (non-hydrogen) atoms. The van der Waals surface area contributed by atoms with Crippen LogP contribution in [0.5, 0.6) is 0 Å². The number of carbonyl (C=O) groups excluding carboxylic acids is 1. The summed E-state index contributed by atoms with van der Waals surface area (Å²) in [5.41, 5.74) is 3.46. The number of hydrogen-bond acceptors (Lipinski definition) is 5. The van der Waals surface area contributed by atoms with Crippen molar-refractivity contribution in [2.24, 2.45) is 5.84 Å². The standard InChI is InChI=1S/C11H18N4O2/c1-2-15(6-3-7-16)11(17)9-8-13-5-4-10(9)14-12/h4-5,8,16H,2-3,6-7,12H2,1H3,(H,13,14). The Bertz CT molecular complexity index is 370. The van der Waals surface area contributed by atoms with Gasteiger partial charge in [-0.3, -0.25) is 15.6 Å². The van der Waals surface area contributed by atoms with Crippen molar-refractivity contribution in [2.75, 3.05) is 25.1 Å². The zero-order chi connectivity index (χ0) is 12.7. The van der Waals surface area contributed by atoms with Gasteiger partial charge in [0.25, 0.3) is 5.91 Å². The summed E-state index contributed by atoms with van der Waals surface area (Å²) < 4.78 is 0. The number of aliphatic hydroxyl groups is 1. The first kappa shape index (κ1) is 13.4. The maximum absolute atomic E-state index is 12.2. The molecule has 1 aromatic rings. The first-order valence-electron chi connectivity index (χ1n) is 5.55. The minimum absolute atomic E-state index is 0.0683. The fourth-order valence-corrected chi connectivity index (χ4v) is 1.53. The van der Waals surface area contributed by atoms with E-state index in [4.69, 9.17) is 10.9 Å². The molecule has 4 N–H and O–H groups in total. The number of hydrogen-bond donors (Lipinski definition) is 3. The zero-order valence-electron chi connectivity index (χ0n) is 9.89. The number of nitrogens with one attached hydrogen (secondary N) is 1. The van der Waals surface area contributed by atoms with Crippen LogP contribution in [-0.2, 0) is 0 Å². The van der Waals surface area contributed by atoms with Crippen molar-refractivity contribution in [3.63, 3.8) is 0 Å². The Morgan fingerprint density at radius 2 is 2.41 bits per heavy atom. The second-order valence-electron chi connectivity index (χ2n) is 3.53. The highest BCUT2D eigenvalue weighted by Crippen LogP contribution is 2.14. The molecule has 1 amide bonds. The minimum Gasteiger partial charge on any atom is -0.396 e. The molecular weight excluding hydrogens is 220 g/mol. The van der Waals surface area contributed by atoms with Crippen LogP contribution >= 0.6 is 0 Å². The number of anilines is 1. The smallest absolute Gasteiger partial charge is 0.257 e. The van der Waals surface area contributed by atoms with Crippen molar-refractivity contribution in [3.05, 3.63) is 24.0 Å². The lowest BCUT2D eigenvalue weighted by Gasteiger charge is -2.21. The quantitative estimate of drug-likeness (QED) is 0.487. The maximum Gasteiger partial charge on any atom is 0.257 e. The molecule has 0 spiro atoms. The first-order chi connectivity index (χ1) is 8.24. The van der Waals surface area contributed by atoms with Gasteiger partial charge < -0.3 is 15.4 Å². The summed E-state index contributed by atoms with van der Waals surface area (Å²) in [4.78, 5) is 17.7. The lowest BCUT2D eigenvalue weighted by atomic mass is 10.2. The molecule has 6 heteroatoms. The van der Waals surface area contributed by atoms with Crippen molar-refractivity contribution in [3.8, 4) is 0 Å². The van der Waals surface area contributed by atoms with Gasteiger partial charge in [-0.1, -0.05) is 0 Å². The molecule has 0 aliphatic rings. The average molecular weight is 238 g/mol. The van der Waals surface area contributed by atoms with E-state index in [2.05, 4.69) is 10.4 Å². The van der Waals surface area contributed by atoms with Crippen molar-refractivity contribution < 1.29 is 9.90 Å². The van der Waals surface area contributed by atoms with Gasteiger partial charge in [-0.05, 0) is 19.4 Å². The number of amides is 1. The van der Waals surface area contributed by atoms with E-state index in [0.29, 0.717) is 30.8 Å². The molecule has 0 aliphatic heterocycles. The van der Waals surface area contributed by atoms with Crippen LogP contribution in [-0.4, -0.2) is 40.6 Å². The molecule has 6 nitrogen and oxygen atoms in total. The fraction of sp³-hybridized carbons (Fsp3) is 0.455. The van der Waals surface area contributed by atoms with E-state index >= 15 is 0 Å². The van der Waals surface area contributed by atoms with Gasteiger partial charge in [0.05, 0.1) is 11.3 Å². The van der Waals surface area contributed by atoms with Crippen LogP contribution in [0.4, 0.5) is 5.69 Å². The molecule has 0 atom stereocenters. The largest absolute Gasteiger partial charge is 0.396 e. The second kappa shape index (κ2) is 6.82. The molecule has 1 heterocycles. The molecule has 0 saturated heterocycles. The fourth-order valence-electron chi connectivity index (χ4n) is 1.53. The molecule has 0 saturated carbocycles. The number of carbonyl (C=O) groups is 1. The number of aromatic nitrogens is 1. The van der Waals surface area contributed by atoms with Gasteiger partial charge in [-0.15, -0.1) is 0 Å². The number of pyridine rings is 1. The van der Waals surface area contributed by atoms with E-state index in [1.807, 2.05) is 6.92 Å². The van der Waals surface area contributed by atoms with Crippen molar-refractivity contribution in [1.29, 1.82) is 0 Å². The maximum atomic E-state index is 12.2. The Hall–Kier alpha value is -1.66. The molecule has 0 aliphatic carbocycles. The predicted octanol–water partition coefficient (Wildman–Crippen LogP) is 0.212. The number of rotatable bonds is 6. The van der Waals surface area contributed by atoms with Crippen molar-refractivity contribution >= 4 is 11.6 Å². The number of nitrogens with zero attached hydrogens (tertiary/aromatic N) is 2. The highest BCUT2D eigenvalue weighted by atomic mass is 16.3. The molecule has 0 aromatic carbocycles. The van der Waals surface area contributed by atoms with Gasteiger partial charge in [-0.2, -0.15) is 0 Å². The Kier molecular flexibility index (Phi) is 5.38. The lowest BCUT2D eigenvalue weighted by molar-refractivity contribution is 0.0755. The lowest BCUT2D eigenvalue weighted by Crippen LogP contribution is -2.33. The third kappa shape index (κ3) is 3.40. The SMILES string of the molecule is CCN(CCCO)C(=O)c1cnccc1NN. The number of nitrogen functional groups attached to an aromatic ring is 1. The summed E-state index contributed by atoms with van der Waals surface area (Å²) in [7, 11) is 0. The van der Waals surface area contributed by atoms with Crippen LogP contribution in [0.25, 0.3) is 0 Å². The first-order valence-corrected chi connectivity index (χ1v) is 5.55. The van der Waals surface area contributed by atoms with Crippen LogP contribution in [0.3, 0.4) is 0 Å². The van der Waals surface area contributed by atoms with Crippen LogP contribution < -0.4 is 11.3 Å². The van der Waals surface area contributed by atoms with E-state index in [0.717, 1.165) is 0 Å². The molecule has 1 rings (SSSR count). The normalized spacial score (nSPS) is 10.1. The van der Waals surface area contributed by atoms with Gasteiger partial charge in [0.2, 0.25) is 0 Å². The van der Waals surface area contributed by atoms with Gasteiger partial charge in [0, 0.05) is 32.1 Å². The summed E-state index contributed by atoms with van der Waals surface area (Å²) in [6.07, 6.45) is 3.61. The summed E-state index contributed by atoms with van der Waals surface area (Å²) in [5.74, 6) is 5.20. The van der Waals surface area contributed by atoms with Crippen molar-refractivity contribution in [1.82, 2.24) is 9.88 Å². The summed E-state index contributed by atoms with van der Waals surface area (Å²) in [6, 6.07) is 1.65. The van der Waals surface area contributed by atoms with Crippen LogP contribution in [0.2, 0.25) is 0 Å². The topological polar surface area (TPSA) is 91.5 Å².